The summed E-state index contributed by atoms with van der Waals surface area (Å²) in [7, 11) is -3.96. The Kier molecular flexibility index (Phi) is 4.23. The maximum Gasteiger partial charge on any atom is 0.352 e. The normalized spacial score (nSPS) is 11.9. The van der Waals surface area contributed by atoms with E-state index in [0.29, 0.717) is 0 Å². The number of nitrogens with one attached hydrogen (secondary N) is 2. The first-order chi connectivity index (χ1) is 7.90. The average Bonchev–Trinajstić information content (AvgIpc) is 2.75. The number of carboxylic acids is 1. The van der Waals surface area contributed by atoms with Crippen molar-refractivity contribution in [1.29, 1.82) is 0 Å². The summed E-state index contributed by atoms with van der Waals surface area (Å²) in [5.41, 5.74) is -0.269. The lowest BCUT2D eigenvalue weighted by atomic mass is 10.4. The van der Waals surface area contributed by atoms with Crippen molar-refractivity contribution in [2.45, 2.75) is 10.9 Å². The van der Waals surface area contributed by atoms with Gasteiger partial charge in [0.2, 0.25) is 10.0 Å². The molecule has 0 bridgehead atoms. The lowest BCUT2D eigenvalue weighted by molar-refractivity contribution is 0.0691. The van der Waals surface area contributed by atoms with Crippen LogP contribution in [-0.2, 0) is 10.0 Å². The molecule has 0 radical (unpaired) electrons. The van der Waals surface area contributed by atoms with Crippen LogP contribution in [0.15, 0.2) is 17.2 Å². The third kappa shape index (κ3) is 3.27. The summed E-state index contributed by atoms with van der Waals surface area (Å²) < 4.78 is 25.3. The Morgan fingerprint density at radius 2 is 2.00 bits per heavy atom. The molecular formula is C8H12N2O6S. The van der Waals surface area contributed by atoms with Crippen molar-refractivity contribution >= 4 is 16.0 Å². The lowest BCUT2D eigenvalue weighted by Gasteiger charge is -2.12. The minimum atomic E-state index is -3.96. The first kappa shape index (κ1) is 13.6. The molecule has 1 aromatic heterocycles. The van der Waals surface area contributed by atoms with E-state index in [9.17, 15) is 13.2 Å². The molecule has 1 rings (SSSR count). The second kappa shape index (κ2) is 5.27. The van der Waals surface area contributed by atoms with Gasteiger partial charge < -0.3 is 20.3 Å². The summed E-state index contributed by atoms with van der Waals surface area (Å²) in [6.45, 7) is -1.13. The Labute approximate surface area is 97.0 Å². The highest BCUT2D eigenvalue weighted by atomic mass is 32.2. The molecule has 0 aliphatic heterocycles. The van der Waals surface area contributed by atoms with Gasteiger partial charge in [-0.1, -0.05) is 0 Å². The molecule has 0 fully saturated rings. The summed E-state index contributed by atoms with van der Waals surface area (Å²) in [6.07, 6.45) is 1.01. The van der Waals surface area contributed by atoms with E-state index in [1.54, 1.807) is 0 Å². The van der Waals surface area contributed by atoms with Gasteiger partial charge in [0.05, 0.1) is 19.3 Å². The van der Waals surface area contributed by atoms with Gasteiger partial charge in [-0.15, -0.1) is 0 Å². The number of aromatic carboxylic acids is 1. The number of hydrogen-bond donors (Lipinski definition) is 5. The summed E-state index contributed by atoms with van der Waals surface area (Å²) in [5.74, 6) is -1.28. The summed E-state index contributed by atoms with van der Waals surface area (Å²) in [5, 5.41) is 26.1. The molecule has 96 valence electrons. The van der Waals surface area contributed by atoms with Crippen LogP contribution in [0.1, 0.15) is 10.5 Å². The minimum absolute atomic E-state index is 0.269. The zero-order valence-electron chi connectivity index (χ0n) is 8.62. The van der Waals surface area contributed by atoms with Crippen LogP contribution in [0.5, 0.6) is 0 Å². The van der Waals surface area contributed by atoms with Gasteiger partial charge in [0, 0.05) is 6.20 Å². The van der Waals surface area contributed by atoms with Crippen molar-refractivity contribution in [2.75, 3.05) is 13.2 Å². The Bertz CT molecular complexity index is 490. The maximum absolute atomic E-state index is 11.7. The smallest absolute Gasteiger partial charge is 0.352 e. The van der Waals surface area contributed by atoms with Crippen molar-refractivity contribution < 1.29 is 28.5 Å². The summed E-state index contributed by atoms with van der Waals surface area (Å²) in [6, 6.07) is -0.0839. The second-order valence-electron chi connectivity index (χ2n) is 3.24. The van der Waals surface area contributed by atoms with Gasteiger partial charge in [-0.25, -0.2) is 17.9 Å². The van der Waals surface area contributed by atoms with E-state index in [0.717, 1.165) is 12.3 Å². The van der Waals surface area contributed by atoms with Crippen LogP contribution >= 0.6 is 0 Å². The fourth-order valence-corrected chi connectivity index (χ4v) is 2.28. The number of aliphatic hydroxyl groups excluding tert-OH is 2. The molecule has 0 aromatic carbocycles. The van der Waals surface area contributed by atoms with Gasteiger partial charge in [-0.2, -0.15) is 0 Å². The van der Waals surface area contributed by atoms with E-state index in [1.807, 2.05) is 4.72 Å². The molecule has 0 amide bonds. The third-order valence-electron chi connectivity index (χ3n) is 1.96. The van der Waals surface area contributed by atoms with Gasteiger partial charge in [-0.05, 0) is 6.07 Å². The second-order valence-corrected chi connectivity index (χ2v) is 4.95. The highest BCUT2D eigenvalue weighted by Gasteiger charge is 2.21. The zero-order chi connectivity index (χ0) is 13.1. The fraction of sp³-hybridized carbons (Fsp3) is 0.375. The van der Waals surface area contributed by atoms with Crippen LogP contribution in [0, 0.1) is 0 Å². The monoisotopic (exact) mass is 264 g/mol. The topological polar surface area (TPSA) is 140 Å². The van der Waals surface area contributed by atoms with Crippen molar-refractivity contribution in [2.24, 2.45) is 0 Å². The first-order valence-corrected chi connectivity index (χ1v) is 6.04. The Balaban J connectivity index is 2.93. The molecule has 0 aliphatic rings. The average molecular weight is 264 g/mol. The Morgan fingerprint density at radius 3 is 2.41 bits per heavy atom. The van der Waals surface area contributed by atoms with Crippen LogP contribution in [0.4, 0.5) is 0 Å². The lowest BCUT2D eigenvalue weighted by Crippen LogP contribution is -2.39. The number of H-pyrrole nitrogens is 1. The van der Waals surface area contributed by atoms with Gasteiger partial charge in [0.15, 0.2) is 0 Å². The number of sulfonamides is 1. The maximum atomic E-state index is 11.7. The highest BCUT2D eigenvalue weighted by Crippen LogP contribution is 2.11. The molecule has 0 atom stereocenters. The highest BCUT2D eigenvalue weighted by molar-refractivity contribution is 7.89. The third-order valence-corrected chi connectivity index (χ3v) is 3.46. The molecule has 0 spiro atoms. The van der Waals surface area contributed by atoms with Crippen molar-refractivity contribution in [3.63, 3.8) is 0 Å². The van der Waals surface area contributed by atoms with Crippen molar-refractivity contribution in [3.8, 4) is 0 Å². The summed E-state index contributed by atoms with van der Waals surface area (Å²) in [4.78, 5) is 12.6. The van der Waals surface area contributed by atoms with Crippen LogP contribution in [-0.4, -0.2) is 53.9 Å². The van der Waals surface area contributed by atoms with E-state index in [-0.39, 0.29) is 10.6 Å². The Hall–Kier alpha value is -1.42. The predicted octanol–water partition coefficient (Wildman–Crippen LogP) is -1.66. The van der Waals surface area contributed by atoms with Crippen molar-refractivity contribution in [1.82, 2.24) is 9.71 Å². The summed E-state index contributed by atoms with van der Waals surface area (Å²) >= 11 is 0. The number of aromatic nitrogens is 1. The molecule has 1 heterocycles. The number of carboxylic acid groups (broad SMARTS) is 1. The van der Waals surface area contributed by atoms with Crippen LogP contribution in [0.25, 0.3) is 0 Å². The van der Waals surface area contributed by atoms with E-state index >= 15 is 0 Å². The number of hydrogen-bond acceptors (Lipinski definition) is 5. The number of aromatic amines is 1. The van der Waals surface area contributed by atoms with Crippen LogP contribution in [0.3, 0.4) is 0 Å². The largest absolute Gasteiger partial charge is 0.477 e. The standard InChI is InChI=1S/C8H12N2O6S/c11-3-5(4-12)10-17(15,16)6-1-7(8(13)14)9-2-6/h1-2,5,9-12H,3-4H2,(H,13,14). The SMILES string of the molecule is O=C(O)c1cc(S(=O)(=O)NC(CO)CO)c[nH]1. The quantitative estimate of drug-likeness (QED) is 0.417. The van der Waals surface area contributed by atoms with Gasteiger partial charge >= 0.3 is 5.97 Å². The molecule has 0 saturated carbocycles. The molecule has 5 N–H and O–H groups in total. The zero-order valence-corrected chi connectivity index (χ0v) is 9.44. The van der Waals surface area contributed by atoms with Crippen LogP contribution in [0.2, 0.25) is 0 Å². The van der Waals surface area contributed by atoms with Gasteiger partial charge in [0.25, 0.3) is 0 Å². The van der Waals surface area contributed by atoms with Crippen molar-refractivity contribution in [3.05, 3.63) is 18.0 Å². The predicted molar refractivity (Wildman–Crippen MR) is 56.0 cm³/mol. The van der Waals surface area contributed by atoms with E-state index in [4.69, 9.17) is 15.3 Å². The molecule has 0 unspecified atom stereocenters. The van der Waals surface area contributed by atoms with E-state index in [1.165, 1.54) is 0 Å². The van der Waals surface area contributed by atoms with Crippen LogP contribution < -0.4 is 4.72 Å². The molecule has 17 heavy (non-hydrogen) atoms. The number of aliphatic hydroxyl groups is 2. The number of carbonyl (C=O) groups is 1. The van der Waals surface area contributed by atoms with E-state index in [2.05, 4.69) is 4.98 Å². The van der Waals surface area contributed by atoms with Gasteiger partial charge in [-0.3, -0.25) is 0 Å². The molecule has 8 nitrogen and oxygen atoms in total. The molecule has 0 saturated heterocycles. The minimum Gasteiger partial charge on any atom is -0.477 e. The molecule has 1 aromatic rings. The fourth-order valence-electron chi connectivity index (χ4n) is 1.07. The molecule has 9 heteroatoms. The molecular weight excluding hydrogens is 252 g/mol. The van der Waals surface area contributed by atoms with Gasteiger partial charge in [0.1, 0.15) is 10.6 Å². The first-order valence-electron chi connectivity index (χ1n) is 4.56. The Morgan fingerprint density at radius 1 is 1.41 bits per heavy atom. The number of rotatable bonds is 6. The van der Waals surface area contributed by atoms with E-state index < -0.39 is 35.2 Å². The molecule has 0 aliphatic carbocycles.